The first kappa shape index (κ1) is 31.4. The number of hydrogen-bond acceptors (Lipinski definition) is 5. The number of carbonyl (C=O) groups excluding carboxylic acids is 2. The number of hydrogen-bond donors (Lipinski definition) is 1. The standard InChI is InChI=1S/C29H33BrClN3O5S/c1-4-27(29(36)32-5-2)33(19-21-9-7-8-10-26(21)31)28(35)20-34(23-13-15-24(16-14-23)39-6-3)40(37,38)25-17-11-22(30)12-18-25/h7-18,27H,4-6,19-20H2,1-3H3,(H,32,36)/t27-/m0/s1. The number of halogens is 2. The van der Waals surface area contributed by atoms with E-state index in [4.69, 9.17) is 16.3 Å². The Morgan fingerprint density at radius 1 is 0.975 bits per heavy atom. The van der Waals surface area contributed by atoms with Crippen LogP contribution in [-0.4, -0.2) is 50.9 Å². The highest BCUT2D eigenvalue weighted by atomic mass is 79.9. The van der Waals surface area contributed by atoms with E-state index in [1.54, 1.807) is 74.5 Å². The maximum Gasteiger partial charge on any atom is 0.264 e. The van der Waals surface area contributed by atoms with E-state index in [1.807, 2.05) is 6.92 Å². The number of carbonyl (C=O) groups is 2. The molecule has 40 heavy (non-hydrogen) atoms. The zero-order valence-electron chi connectivity index (χ0n) is 22.6. The molecule has 1 N–H and O–H groups in total. The molecule has 3 rings (SSSR count). The maximum absolute atomic E-state index is 14.0. The molecule has 0 spiro atoms. The molecule has 0 aromatic heterocycles. The Morgan fingerprint density at radius 2 is 1.62 bits per heavy atom. The zero-order chi connectivity index (χ0) is 29.3. The van der Waals surface area contributed by atoms with Gasteiger partial charge in [-0.1, -0.05) is 52.7 Å². The smallest absolute Gasteiger partial charge is 0.264 e. The average molecular weight is 651 g/mol. The van der Waals surface area contributed by atoms with E-state index in [-0.39, 0.29) is 23.0 Å². The van der Waals surface area contributed by atoms with E-state index >= 15 is 0 Å². The first-order valence-electron chi connectivity index (χ1n) is 12.9. The lowest BCUT2D eigenvalue weighted by Gasteiger charge is -2.33. The summed E-state index contributed by atoms with van der Waals surface area (Å²) in [6.07, 6.45) is 0.324. The van der Waals surface area contributed by atoms with E-state index in [9.17, 15) is 18.0 Å². The van der Waals surface area contributed by atoms with Crippen molar-refractivity contribution in [3.05, 3.63) is 87.9 Å². The van der Waals surface area contributed by atoms with Gasteiger partial charge < -0.3 is 15.0 Å². The van der Waals surface area contributed by atoms with Crippen LogP contribution >= 0.6 is 27.5 Å². The molecule has 2 amide bonds. The predicted molar refractivity (Wildman–Crippen MR) is 161 cm³/mol. The number of nitrogens with one attached hydrogen (secondary N) is 1. The minimum atomic E-state index is -4.17. The second-order valence-electron chi connectivity index (χ2n) is 8.82. The Hall–Kier alpha value is -3.08. The molecule has 0 fully saturated rings. The molecule has 0 unspecified atom stereocenters. The van der Waals surface area contributed by atoms with Crippen molar-refractivity contribution < 1.29 is 22.7 Å². The van der Waals surface area contributed by atoms with Crippen molar-refractivity contribution in [2.45, 2.75) is 44.7 Å². The molecule has 214 valence electrons. The average Bonchev–Trinajstić information content (AvgIpc) is 2.93. The molecule has 0 saturated heterocycles. The number of sulfonamides is 1. The van der Waals surface area contributed by atoms with Crippen molar-refractivity contribution in [1.82, 2.24) is 10.2 Å². The molecule has 3 aromatic carbocycles. The Morgan fingerprint density at radius 3 is 2.20 bits per heavy atom. The normalized spacial score (nSPS) is 11.9. The van der Waals surface area contributed by atoms with E-state index < -0.39 is 28.5 Å². The van der Waals surface area contributed by atoms with Crippen LogP contribution in [0.25, 0.3) is 0 Å². The number of benzene rings is 3. The predicted octanol–water partition coefficient (Wildman–Crippen LogP) is 5.64. The Kier molecular flexibility index (Phi) is 11.4. The van der Waals surface area contributed by atoms with Gasteiger partial charge in [-0.3, -0.25) is 13.9 Å². The van der Waals surface area contributed by atoms with Crippen LogP contribution in [0.2, 0.25) is 5.02 Å². The number of anilines is 1. The summed E-state index contributed by atoms with van der Waals surface area (Å²) < 4.78 is 35.1. The molecule has 3 aromatic rings. The third-order valence-corrected chi connectivity index (χ3v) is 8.84. The van der Waals surface area contributed by atoms with Crippen LogP contribution in [0.15, 0.2) is 82.2 Å². The summed E-state index contributed by atoms with van der Waals surface area (Å²) in [7, 11) is -4.17. The topological polar surface area (TPSA) is 96.0 Å². The second kappa shape index (κ2) is 14.5. The third kappa shape index (κ3) is 7.77. The molecule has 0 aliphatic rings. The van der Waals surface area contributed by atoms with Crippen LogP contribution < -0.4 is 14.4 Å². The van der Waals surface area contributed by atoms with Crippen LogP contribution in [0.1, 0.15) is 32.8 Å². The molecule has 1 atom stereocenters. The first-order chi connectivity index (χ1) is 19.1. The molecule has 11 heteroatoms. The second-order valence-corrected chi connectivity index (χ2v) is 12.0. The molecule has 8 nitrogen and oxygen atoms in total. The van der Waals surface area contributed by atoms with Crippen molar-refractivity contribution in [2.75, 3.05) is 24.0 Å². The van der Waals surface area contributed by atoms with Gasteiger partial charge in [-0.2, -0.15) is 0 Å². The highest BCUT2D eigenvalue weighted by Crippen LogP contribution is 2.28. The van der Waals surface area contributed by atoms with E-state index in [1.165, 1.54) is 17.0 Å². The summed E-state index contributed by atoms with van der Waals surface area (Å²) >= 11 is 9.74. The number of rotatable bonds is 13. The number of ether oxygens (including phenoxy) is 1. The molecule has 0 aliphatic heterocycles. The van der Waals surface area contributed by atoms with Crippen molar-refractivity contribution in [2.24, 2.45) is 0 Å². The van der Waals surface area contributed by atoms with Gasteiger partial charge in [0.15, 0.2) is 0 Å². The minimum absolute atomic E-state index is 0.0193. The lowest BCUT2D eigenvalue weighted by Crippen LogP contribution is -2.52. The third-order valence-electron chi connectivity index (χ3n) is 6.15. The summed E-state index contributed by atoms with van der Waals surface area (Å²) in [4.78, 5) is 28.4. The Bertz CT molecular complexity index is 1400. The summed E-state index contributed by atoms with van der Waals surface area (Å²) in [5, 5.41) is 3.22. The van der Waals surface area contributed by atoms with E-state index in [0.29, 0.717) is 40.4 Å². The van der Waals surface area contributed by atoms with Crippen molar-refractivity contribution in [1.29, 1.82) is 0 Å². The van der Waals surface area contributed by atoms with Gasteiger partial charge >= 0.3 is 0 Å². The lowest BCUT2D eigenvalue weighted by molar-refractivity contribution is -0.140. The molecule has 0 bridgehead atoms. The van der Waals surface area contributed by atoms with Crippen LogP contribution in [0.4, 0.5) is 5.69 Å². The van der Waals surface area contributed by atoms with Crippen molar-refractivity contribution in [3.63, 3.8) is 0 Å². The van der Waals surface area contributed by atoms with E-state index in [0.717, 1.165) is 4.31 Å². The molecule has 0 heterocycles. The van der Waals surface area contributed by atoms with Crippen LogP contribution in [0.3, 0.4) is 0 Å². The number of likely N-dealkylation sites (N-methyl/N-ethyl adjacent to an activating group) is 1. The van der Waals surface area contributed by atoms with Crippen LogP contribution in [-0.2, 0) is 26.2 Å². The minimum Gasteiger partial charge on any atom is -0.494 e. The van der Waals surface area contributed by atoms with Gasteiger partial charge in [-0.15, -0.1) is 0 Å². The highest BCUT2D eigenvalue weighted by molar-refractivity contribution is 9.10. The van der Waals surface area contributed by atoms with E-state index in [2.05, 4.69) is 21.2 Å². The SMILES string of the molecule is CCNC(=O)[C@H](CC)N(Cc1ccccc1Cl)C(=O)CN(c1ccc(OCC)cc1)S(=O)(=O)c1ccc(Br)cc1. The number of nitrogens with zero attached hydrogens (tertiary/aromatic N) is 2. The summed E-state index contributed by atoms with van der Waals surface area (Å²) in [5.74, 6) is -0.303. The monoisotopic (exact) mass is 649 g/mol. The largest absolute Gasteiger partial charge is 0.494 e. The van der Waals surface area contributed by atoms with Crippen molar-refractivity contribution >= 4 is 55.1 Å². The van der Waals surface area contributed by atoms with Gasteiger partial charge in [0, 0.05) is 22.6 Å². The summed E-state index contributed by atoms with van der Waals surface area (Å²) in [6.45, 7) is 5.78. The van der Waals surface area contributed by atoms with Gasteiger partial charge in [0.1, 0.15) is 18.3 Å². The first-order valence-corrected chi connectivity index (χ1v) is 15.5. The molecule has 0 aliphatic carbocycles. The van der Waals surface area contributed by atoms with Crippen molar-refractivity contribution in [3.8, 4) is 5.75 Å². The lowest BCUT2D eigenvalue weighted by atomic mass is 10.1. The van der Waals surface area contributed by atoms with Gasteiger partial charge in [-0.25, -0.2) is 8.42 Å². The number of amides is 2. The molecular formula is C29H33BrClN3O5S. The molecule has 0 radical (unpaired) electrons. The fraction of sp³-hybridized carbons (Fsp3) is 0.310. The van der Waals surface area contributed by atoms with Crippen LogP contribution in [0.5, 0.6) is 5.75 Å². The van der Waals surface area contributed by atoms with Gasteiger partial charge in [0.25, 0.3) is 10.0 Å². The fourth-order valence-corrected chi connectivity index (χ4v) is 6.03. The summed E-state index contributed by atoms with van der Waals surface area (Å²) in [6, 6.07) is 18.9. The van der Waals surface area contributed by atoms with Crippen LogP contribution in [0, 0.1) is 0 Å². The van der Waals surface area contributed by atoms with Gasteiger partial charge in [0.05, 0.1) is 17.2 Å². The highest BCUT2D eigenvalue weighted by Gasteiger charge is 2.33. The quantitative estimate of drug-likeness (QED) is 0.258. The maximum atomic E-state index is 14.0. The summed E-state index contributed by atoms with van der Waals surface area (Å²) in [5.41, 5.74) is 0.923. The molecule has 0 saturated carbocycles. The fourth-order valence-electron chi connectivity index (χ4n) is 4.16. The van der Waals surface area contributed by atoms with Gasteiger partial charge in [0.2, 0.25) is 11.8 Å². The Balaban J connectivity index is 2.07. The molecular weight excluding hydrogens is 618 g/mol. The van der Waals surface area contributed by atoms with Gasteiger partial charge in [-0.05, 0) is 80.4 Å². The Labute approximate surface area is 249 Å². The zero-order valence-corrected chi connectivity index (χ0v) is 25.8.